The van der Waals surface area contributed by atoms with Gasteiger partial charge in [-0.15, -0.1) is 12.4 Å². The maximum absolute atomic E-state index is 13.1. The molecule has 0 bridgehead atoms. The molecule has 0 aromatic heterocycles. The third-order valence-electron chi connectivity index (χ3n) is 3.06. The second kappa shape index (κ2) is 7.15. The van der Waals surface area contributed by atoms with Crippen LogP contribution >= 0.6 is 12.4 Å². The van der Waals surface area contributed by atoms with Gasteiger partial charge in [-0.2, -0.15) is 5.26 Å². The molecule has 1 aromatic rings. The summed E-state index contributed by atoms with van der Waals surface area (Å²) in [5.74, 6) is 0.137. The summed E-state index contributed by atoms with van der Waals surface area (Å²) in [4.78, 5) is 0. The van der Waals surface area contributed by atoms with Crippen molar-refractivity contribution in [3.8, 4) is 6.07 Å². The molecule has 0 amide bonds. The fraction of sp³-hybridized carbons (Fsp3) is 0.357. The largest absolute Gasteiger partial charge is 0.317 e. The molecule has 1 heterocycles. The van der Waals surface area contributed by atoms with E-state index in [1.165, 1.54) is 6.07 Å². The molecule has 0 saturated carbocycles. The molecule has 1 aliphatic rings. The third-order valence-corrected chi connectivity index (χ3v) is 3.06. The van der Waals surface area contributed by atoms with Gasteiger partial charge < -0.3 is 5.32 Å². The average Bonchev–Trinajstić information content (AvgIpc) is 2.39. The van der Waals surface area contributed by atoms with Gasteiger partial charge >= 0.3 is 0 Å². The second-order valence-corrected chi connectivity index (χ2v) is 4.30. The Bertz CT molecular complexity index is 459. The fourth-order valence-electron chi connectivity index (χ4n) is 2.02. The lowest BCUT2D eigenvalue weighted by Crippen LogP contribution is -2.26. The minimum Gasteiger partial charge on any atom is -0.317 e. The van der Waals surface area contributed by atoms with Gasteiger partial charge in [0.25, 0.3) is 0 Å². The van der Waals surface area contributed by atoms with Crippen LogP contribution in [-0.2, 0) is 0 Å². The number of halogens is 2. The zero-order valence-corrected chi connectivity index (χ0v) is 10.8. The molecule has 96 valence electrons. The first-order valence-electron chi connectivity index (χ1n) is 5.88. The number of piperidine rings is 1. The second-order valence-electron chi connectivity index (χ2n) is 4.30. The van der Waals surface area contributed by atoms with Crippen molar-refractivity contribution in [3.05, 3.63) is 41.2 Å². The van der Waals surface area contributed by atoms with Crippen LogP contribution < -0.4 is 5.32 Å². The van der Waals surface area contributed by atoms with Crippen LogP contribution in [-0.4, -0.2) is 13.1 Å². The van der Waals surface area contributed by atoms with Gasteiger partial charge in [0, 0.05) is 0 Å². The van der Waals surface area contributed by atoms with Crippen molar-refractivity contribution in [2.45, 2.75) is 12.8 Å². The van der Waals surface area contributed by atoms with E-state index in [4.69, 9.17) is 5.26 Å². The van der Waals surface area contributed by atoms with Crippen molar-refractivity contribution in [1.82, 2.24) is 5.32 Å². The van der Waals surface area contributed by atoms with Crippen molar-refractivity contribution < 1.29 is 4.39 Å². The lowest BCUT2D eigenvalue weighted by molar-refractivity contribution is 0.438. The zero-order chi connectivity index (χ0) is 12.1. The SMILES string of the molecule is Cl.N#Cc1cc(C=CC2CCNCC2)ccc1F. The first kappa shape index (κ1) is 14.7. The smallest absolute Gasteiger partial charge is 0.140 e. The Labute approximate surface area is 113 Å². The summed E-state index contributed by atoms with van der Waals surface area (Å²) in [7, 11) is 0. The predicted octanol–water partition coefficient (Wildman–Crippen LogP) is 3.13. The minimum absolute atomic E-state index is 0. The van der Waals surface area contributed by atoms with Gasteiger partial charge in [-0.1, -0.05) is 18.2 Å². The van der Waals surface area contributed by atoms with Crippen molar-refractivity contribution in [3.63, 3.8) is 0 Å². The number of nitrogens with one attached hydrogen (secondary N) is 1. The lowest BCUT2D eigenvalue weighted by atomic mass is 9.97. The molecule has 1 aromatic carbocycles. The van der Waals surface area contributed by atoms with Crippen LogP contribution in [0.4, 0.5) is 4.39 Å². The molecule has 1 N–H and O–H groups in total. The highest BCUT2D eigenvalue weighted by atomic mass is 35.5. The molecular formula is C14H16ClFN2. The molecular weight excluding hydrogens is 251 g/mol. The summed E-state index contributed by atoms with van der Waals surface area (Å²) in [6.45, 7) is 2.11. The Balaban J connectivity index is 0.00000162. The monoisotopic (exact) mass is 266 g/mol. The summed E-state index contributed by atoms with van der Waals surface area (Å²) >= 11 is 0. The predicted molar refractivity (Wildman–Crippen MR) is 73.0 cm³/mol. The number of nitriles is 1. The Morgan fingerprint density at radius 3 is 2.72 bits per heavy atom. The lowest BCUT2D eigenvalue weighted by Gasteiger charge is -2.19. The molecule has 0 atom stereocenters. The summed E-state index contributed by atoms with van der Waals surface area (Å²) in [5.41, 5.74) is 0.999. The van der Waals surface area contributed by atoms with E-state index >= 15 is 0 Å². The Kier molecular flexibility index (Phi) is 5.84. The van der Waals surface area contributed by atoms with Crippen LogP contribution in [0.25, 0.3) is 6.08 Å². The Morgan fingerprint density at radius 2 is 2.06 bits per heavy atom. The van der Waals surface area contributed by atoms with E-state index in [0.29, 0.717) is 5.92 Å². The summed E-state index contributed by atoms with van der Waals surface area (Å²) in [5, 5.41) is 12.0. The first-order chi connectivity index (χ1) is 8.29. The quantitative estimate of drug-likeness (QED) is 0.893. The van der Waals surface area contributed by atoms with E-state index in [0.717, 1.165) is 31.5 Å². The average molecular weight is 267 g/mol. The molecule has 2 nitrogen and oxygen atoms in total. The standard InChI is InChI=1S/C14H15FN2.ClH/c15-14-4-3-12(9-13(14)10-16)2-1-11-5-7-17-8-6-11;/h1-4,9,11,17H,5-8H2;1H. The first-order valence-corrected chi connectivity index (χ1v) is 5.88. The fourth-order valence-corrected chi connectivity index (χ4v) is 2.02. The number of nitrogens with zero attached hydrogens (tertiary/aromatic N) is 1. The van der Waals surface area contributed by atoms with E-state index < -0.39 is 5.82 Å². The van der Waals surface area contributed by atoms with Crippen LogP contribution in [0.3, 0.4) is 0 Å². The number of allylic oxidation sites excluding steroid dienone is 1. The van der Waals surface area contributed by atoms with Crippen LogP contribution in [0.1, 0.15) is 24.0 Å². The molecule has 1 fully saturated rings. The third kappa shape index (κ3) is 3.83. The van der Waals surface area contributed by atoms with Gasteiger partial charge in [0.15, 0.2) is 0 Å². The van der Waals surface area contributed by atoms with Crippen LogP contribution in [0.2, 0.25) is 0 Å². The van der Waals surface area contributed by atoms with Crippen molar-refractivity contribution in [1.29, 1.82) is 5.26 Å². The zero-order valence-electron chi connectivity index (χ0n) is 10.0. The summed E-state index contributed by atoms with van der Waals surface area (Å²) < 4.78 is 13.1. The molecule has 4 heteroatoms. The Hall–Kier alpha value is -1.37. The number of benzene rings is 1. The van der Waals surface area contributed by atoms with E-state index in [1.807, 2.05) is 12.1 Å². The highest BCUT2D eigenvalue weighted by Crippen LogP contribution is 2.16. The molecule has 0 spiro atoms. The van der Waals surface area contributed by atoms with E-state index in [9.17, 15) is 4.39 Å². The number of rotatable bonds is 2. The van der Waals surface area contributed by atoms with Crippen molar-refractivity contribution >= 4 is 18.5 Å². The maximum atomic E-state index is 13.1. The van der Waals surface area contributed by atoms with Crippen molar-refractivity contribution in [2.75, 3.05) is 13.1 Å². The molecule has 1 saturated heterocycles. The highest BCUT2D eigenvalue weighted by Gasteiger charge is 2.09. The number of hydrogen-bond donors (Lipinski definition) is 1. The van der Waals surface area contributed by atoms with Gasteiger partial charge in [-0.05, 0) is 49.5 Å². The Morgan fingerprint density at radius 1 is 1.33 bits per heavy atom. The summed E-state index contributed by atoms with van der Waals surface area (Å²) in [6, 6.07) is 6.49. The highest BCUT2D eigenvalue weighted by molar-refractivity contribution is 5.85. The van der Waals surface area contributed by atoms with Gasteiger partial charge in [0.1, 0.15) is 11.9 Å². The van der Waals surface area contributed by atoms with Crippen LogP contribution in [0.5, 0.6) is 0 Å². The number of hydrogen-bond acceptors (Lipinski definition) is 2. The molecule has 0 radical (unpaired) electrons. The van der Waals surface area contributed by atoms with Gasteiger partial charge in [-0.25, -0.2) is 4.39 Å². The van der Waals surface area contributed by atoms with E-state index in [2.05, 4.69) is 11.4 Å². The van der Waals surface area contributed by atoms with Crippen LogP contribution in [0.15, 0.2) is 24.3 Å². The molecule has 0 unspecified atom stereocenters. The topological polar surface area (TPSA) is 35.8 Å². The normalized spacial score (nSPS) is 16.2. The van der Waals surface area contributed by atoms with Crippen molar-refractivity contribution in [2.24, 2.45) is 5.92 Å². The van der Waals surface area contributed by atoms with Crippen LogP contribution in [0, 0.1) is 23.1 Å². The van der Waals surface area contributed by atoms with E-state index in [1.54, 1.807) is 12.1 Å². The summed E-state index contributed by atoms with van der Waals surface area (Å²) in [6.07, 6.45) is 6.43. The molecule has 2 rings (SSSR count). The van der Waals surface area contributed by atoms with Gasteiger partial charge in [0.05, 0.1) is 5.56 Å². The van der Waals surface area contributed by atoms with E-state index in [-0.39, 0.29) is 18.0 Å². The molecule has 18 heavy (non-hydrogen) atoms. The van der Waals surface area contributed by atoms with Gasteiger partial charge in [-0.3, -0.25) is 0 Å². The maximum Gasteiger partial charge on any atom is 0.140 e. The minimum atomic E-state index is -0.452. The molecule has 0 aliphatic carbocycles. The molecule has 1 aliphatic heterocycles. The van der Waals surface area contributed by atoms with Gasteiger partial charge in [0.2, 0.25) is 0 Å².